The van der Waals surface area contributed by atoms with Gasteiger partial charge in [-0.1, -0.05) is 98.4 Å². The van der Waals surface area contributed by atoms with Crippen LogP contribution in [0.15, 0.2) is 91.0 Å². The minimum atomic E-state index is -1.75. The summed E-state index contributed by atoms with van der Waals surface area (Å²) >= 11 is -1.75. The van der Waals surface area contributed by atoms with E-state index >= 15 is 0 Å². The number of hydrogen-bond acceptors (Lipinski definition) is 1. The summed E-state index contributed by atoms with van der Waals surface area (Å²) in [4.78, 5) is 0. The van der Waals surface area contributed by atoms with E-state index in [1.54, 1.807) is 0 Å². The zero-order valence-corrected chi connectivity index (χ0v) is 18.9. The molecule has 0 saturated heterocycles. The van der Waals surface area contributed by atoms with Crippen LogP contribution in [0.2, 0.25) is 0 Å². The van der Waals surface area contributed by atoms with E-state index in [-0.39, 0.29) is 12.9 Å². The molecule has 0 amide bonds. The van der Waals surface area contributed by atoms with Crippen LogP contribution < -0.4 is 15.9 Å². The summed E-state index contributed by atoms with van der Waals surface area (Å²) in [6.07, 6.45) is 0. The first kappa shape index (κ1) is 28.7. The Labute approximate surface area is 181 Å². The van der Waals surface area contributed by atoms with Crippen LogP contribution in [0.25, 0.3) is 0 Å². The fraction of sp³-hybridized carbons (Fsp3) is 0.100. The van der Waals surface area contributed by atoms with Gasteiger partial charge in [0.1, 0.15) is 0 Å². The Balaban J connectivity index is 0. The smallest absolute Gasteiger partial charge is 0.0134 e. The van der Waals surface area contributed by atoms with E-state index < -0.39 is 20.9 Å². The third-order valence-corrected chi connectivity index (χ3v) is 5.49. The van der Waals surface area contributed by atoms with Crippen LogP contribution in [-0.4, -0.2) is 17.7 Å². The van der Waals surface area contributed by atoms with Crippen molar-refractivity contribution in [2.45, 2.75) is 7.43 Å². The Morgan fingerprint density at radius 3 is 0.963 bits per heavy atom. The van der Waals surface area contributed by atoms with Crippen molar-refractivity contribution >= 4 is 52.9 Å². The van der Waals surface area contributed by atoms with Gasteiger partial charge < -0.3 is 10.6 Å². The van der Waals surface area contributed by atoms with Gasteiger partial charge in [-0.15, -0.1) is 0 Å². The molecule has 27 heavy (non-hydrogen) atoms. The molecule has 3 N–H and O–H groups in total. The van der Waals surface area contributed by atoms with Crippen molar-refractivity contribution in [3.63, 3.8) is 0 Å². The second kappa shape index (κ2) is 17.6. The summed E-state index contributed by atoms with van der Waals surface area (Å²) in [6, 6.07) is 32.3. The summed E-state index contributed by atoms with van der Waals surface area (Å²) in [5, 5.41) is 11.2. The van der Waals surface area contributed by atoms with Gasteiger partial charge in [0.15, 0.2) is 0 Å². The molecule has 0 atom stereocenters. The van der Waals surface area contributed by atoms with Crippen LogP contribution in [0.5, 0.6) is 0 Å². The number of halogens is 3. The van der Waals surface area contributed by atoms with Crippen molar-refractivity contribution in [3.05, 3.63) is 91.0 Å². The maximum atomic E-state index is 7.00. The Morgan fingerprint density at radius 1 is 0.593 bits per heavy atom. The van der Waals surface area contributed by atoms with Crippen molar-refractivity contribution in [3.8, 4) is 0 Å². The molecular formula is C20H25Cl3O2PRu. The van der Waals surface area contributed by atoms with E-state index in [0.29, 0.717) is 0 Å². The molecule has 0 bridgehead atoms. The first-order chi connectivity index (χ1) is 12.2. The molecular weight excluding hydrogens is 511 g/mol. The Hall–Kier alpha value is -0.497. The summed E-state index contributed by atoms with van der Waals surface area (Å²) in [7, 11) is 15.4. The minimum Gasteiger partial charge on any atom is -0.0622 e. The third kappa shape index (κ3) is 11.2. The molecule has 3 rings (SSSR count). The summed E-state index contributed by atoms with van der Waals surface area (Å²) in [6.45, 7) is 0. The Morgan fingerprint density at radius 2 is 0.778 bits per heavy atom. The van der Waals surface area contributed by atoms with E-state index in [2.05, 4.69) is 91.0 Å². The third-order valence-electron chi connectivity index (χ3n) is 3.04. The normalized spacial score (nSPS) is 9.33. The largest absolute Gasteiger partial charge is 0.0622 e. The average Bonchev–Trinajstić information content (AvgIpc) is 2.66. The van der Waals surface area contributed by atoms with E-state index in [1.807, 2.05) is 0 Å². The van der Waals surface area contributed by atoms with Gasteiger partial charge in [0.05, 0.1) is 0 Å². The summed E-state index contributed by atoms with van der Waals surface area (Å²) in [5.41, 5.74) is 0. The summed E-state index contributed by atoms with van der Waals surface area (Å²) < 4.78 is 0. The Bertz CT molecular complexity index is 593. The quantitative estimate of drug-likeness (QED) is 0.375. The van der Waals surface area contributed by atoms with Crippen molar-refractivity contribution < 1.29 is 23.6 Å². The molecule has 0 spiro atoms. The average molecular weight is 536 g/mol. The van der Waals surface area contributed by atoms with E-state index in [0.717, 1.165) is 7.11 Å². The predicted octanol–water partition coefficient (Wildman–Crippen LogP) is 4.93. The van der Waals surface area contributed by atoms with Crippen LogP contribution >= 0.6 is 37.0 Å². The molecule has 0 aromatic heterocycles. The van der Waals surface area contributed by atoms with Gasteiger partial charge in [0, 0.05) is 7.11 Å². The molecule has 0 radical (unpaired) electrons. The number of hydrogen-bond donors (Lipinski definition) is 1. The molecule has 3 aromatic carbocycles. The first-order valence-corrected chi connectivity index (χ1v) is 15.3. The first-order valence-electron chi connectivity index (χ1n) is 7.25. The van der Waals surface area contributed by atoms with Crippen LogP contribution in [0.1, 0.15) is 7.43 Å². The standard InChI is InChI=1S/C18H15P.CH4O.CH4.3ClH.H2O.Ru/c1-4-10-16(11-5-1)19(17-12-6-2-7-13-17)18-14-8-3-9-15-18;1-2;;;;;;/h1-15H;2H,1H3;1H4;3*1H;1H2;/q;;;;;;;+3/p-3. The van der Waals surface area contributed by atoms with Gasteiger partial charge in [-0.05, 0) is 23.8 Å². The number of aliphatic hydroxyl groups is 1. The second-order valence-corrected chi connectivity index (χ2v) is 14.6. The maximum absolute atomic E-state index is 7.00. The van der Waals surface area contributed by atoms with Crippen LogP contribution in [0, 0.1) is 0 Å². The molecule has 0 heterocycles. The van der Waals surface area contributed by atoms with E-state index in [1.165, 1.54) is 15.9 Å². The van der Waals surface area contributed by atoms with E-state index in [9.17, 15) is 0 Å². The molecule has 151 valence electrons. The van der Waals surface area contributed by atoms with Crippen LogP contribution in [0.3, 0.4) is 0 Å². The van der Waals surface area contributed by atoms with Crippen molar-refractivity contribution in [2.75, 3.05) is 7.11 Å². The molecule has 0 aliphatic carbocycles. The van der Waals surface area contributed by atoms with Crippen molar-refractivity contribution in [2.24, 2.45) is 0 Å². The topological polar surface area (TPSA) is 51.7 Å². The molecule has 0 unspecified atom stereocenters. The van der Waals surface area contributed by atoms with Gasteiger partial charge in [-0.2, -0.15) is 0 Å². The van der Waals surface area contributed by atoms with Gasteiger partial charge in [0.2, 0.25) is 0 Å². The van der Waals surface area contributed by atoms with Crippen molar-refractivity contribution in [1.82, 2.24) is 0 Å². The molecule has 7 heteroatoms. The Kier molecular flexibility index (Phi) is 18.7. The van der Waals surface area contributed by atoms with Gasteiger partial charge >= 0.3 is 42.1 Å². The fourth-order valence-electron chi connectivity index (χ4n) is 2.18. The zero-order chi connectivity index (χ0) is 18.5. The monoisotopic (exact) mass is 535 g/mol. The fourth-order valence-corrected chi connectivity index (χ4v) is 4.48. The van der Waals surface area contributed by atoms with Gasteiger partial charge in [0.25, 0.3) is 0 Å². The van der Waals surface area contributed by atoms with Crippen LogP contribution in [-0.2, 0) is 13.0 Å². The van der Waals surface area contributed by atoms with Gasteiger partial charge in [-0.25, -0.2) is 0 Å². The summed E-state index contributed by atoms with van der Waals surface area (Å²) in [5.74, 6) is 0. The molecule has 0 aliphatic heterocycles. The van der Waals surface area contributed by atoms with Crippen molar-refractivity contribution in [1.29, 1.82) is 0 Å². The maximum Gasteiger partial charge on any atom is -0.0134 e. The number of benzene rings is 3. The molecule has 0 aliphatic rings. The molecule has 0 saturated carbocycles. The van der Waals surface area contributed by atoms with Crippen LogP contribution in [0.4, 0.5) is 0 Å². The molecule has 2 nitrogen and oxygen atoms in total. The number of aliphatic hydroxyl groups excluding tert-OH is 1. The molecule has 3 aromatic rings. The molecule has 0 fully saturated rings. The zero-order valence-electron chi connectivity index (χ0n) is 14.0. The number of rotatable bonds is 3. The second-order valence-electron chi connectivity index (χ2n) is 4.49. The SMILES string of the molecule is C.CO.O.[Cl][Ru]([Cl])[Cl].c1ccc(P(c2ccccc2)c2ccccc2)cc1. The predicted molar refractivity (Wildman–Crippen MR) is 121 cm³/mol. The van der Waals surface area contributed by atoms with Gasteiger partial charge in [-0.3, -0.25) is 0 Å². The minimum absolute atomic E-state index is 0. The van der Waals surface area contributed by atoms with E-state index in [4.69, 9.17) is 34.2 Å².